The van der Waals surface area contributed by atoms with Crippen LogP contribution in [0.4, 0.5) is 0 Å². The van der Waals surface area contributed by atoms with Crippen molar-refractivity contribution < 1.29 is 20.3 Å². The fraction of sp³-hybridized carbons (Fsp3) is 0.400. The molecule has 3 rings (SSSR count). The van der Waals surface area contributed by atoms with E-state index in [1.54, 1.807) is 0 Å². The van der Waals surface area contributed by atoms with E-state index in [1.807, 2.05) is 20.8 Å². The molecule has 0 radical (unpaired) electrons. The minimum atomic E-state index is -1.95. The zero-order valence-electron chi connectivity index (χ0n) is 16.0. The van der Waals surface area contributed by atoms with Crippen LogP contribution in [0.3, 0.4) is 0 Å². The first-order chi connectivity index (χ1) is 10.4. The molecule has 0 aliphatic carbocycles. The zero-order valence-corrected chi connectivity index (χ0v) is 16.1. The monoisotopic (exact) mass is 320 g/mol. The summed E-state index contributed by atoms with van der Waals surface area (Å²) in [6.07, 6.45) is 0. The summed E-state index contributed by atoms with van der Waals surface area (Å²) in [5.41, 5.74) is 6.52. The Labute approximate surface area is 155 Å². The van der Waals surface area contributed by atoms with Gasteiger partial charge in [0, 0.05) is 17.1 Å². The second kappa shape index (κ2) is 6.71. The van der Waals surface area contributed by atoms with Gasteiger partial charge in [0.2, 0.25) is 0 Å². The summed E-state index contributed by atoms with van der Waals surface area (Å²) in [6, 6.07) is 6.33. The maximum absolute atomic E-state index is 4.72. The van der Waals surface area contributed by atoms with Crippen molar-refractivity contribution in [3.63, 3.8) is 0 Å². The largest absolute Gasteiger partial charge is 1.00 e. The van der Waals surface area contributed by atoms with Crippen LogP contribution in [0, 0.1) is 41.5 Å². The summed E-state index contributed by atoms with van der Waals surface area (Å²) in [6.45, 7) is 12.4. The smallest absolute Gasteiger partial charge is 1.00 e. The second-order valence-corrected chi connectivity index (χ2v) is 8.12. The summed E-state index contributed by atoms with van der Waals surface area (Å²) in [4.78, 5) is 0. The van der Waals surface area contributed by atoms with Crippen molar-refractivity contribution in [1.29, 1.82) is 0 Å². The average Bonchev–Trinajstić information content (AvgIpc) is 3.02. The van der Waals surface area contributed by atoms with Crippen LogP contribution in [0.1, 0.15) is 35.6 Å². The van der Waals surface area contributed by atoms with Gasteiger partial charge in [0.15, 0.2) is 0 Å². The topological polar surface area (TPSA) is 53.5 Å². The van der Waals surface area contributed by atoms with Crippen LogP contribution in [0.5, 0.6) is 0 Å². The van der Waals surface area contributed by atoms with Gasteiger partial charge in [0.05, 0.1) is 17.1 Å². The Morgan fingerprint density at radius 3 is 1.09 bits per heavy atom. The quantitative estimate of drug-likeness (QED) is 0.592. The van der Waals surface area contributed by atoms with Crippen molar-refractivity contribution in [3.8, 4) is 0 Å². The number of hydrogen-bond donors (Lipinski definition) is 0. The molecular weight excluding hydrogens is 298 g/mol. The predicted octanol–water partition coefficient (Wildman–Crippen LogP) is -0.827. The summed E-state index contributed by atoms with van der Waals surface area (Å²) < 4.78 is 6.36. The molecule has 0 spiro atoms. The van der Waals surface area contributed by atoms with Crippen LogP contribution in [-0.2, 0) is 0 Å². The van der Waals surface area contributed by atoms with Crippen molar-refractivity contribution in [1.82, 2.24) is 26.3 Å². The van der Waals surface area contributed by atoms with E-state index >= 15 is 0 Å². The van der Waals surface area contributed by atoms with Crippen LogP contribution in [0.15, 0.2) is 18.2 Å². The van der Waals surface area contributed by atoms with Crippen molar-refractivity contribution in [2.45, 2.75) is 41.5 Å². The van der Waals surface area contributed by atoms with Gasteiger partial charge in [0.25, 0.3) is 0 Å². The third-order valence-corrected chi connectivity index (χ3v) is 6.67. The molecule has 0 bridgehead atoms. The molecule has 0 aromatic carbocycles. The molecule has 3 aromatic heterocycles. The molecule has 0 N–H and O–H groups in total. The van der Waals surface area contributed by atoms with Crippen molar-refractivity contribution in [2.75, 3.05) is 0 Å². The Morgan fingerprint density at radius 1 is 0.652 bits per heavy atom. The normalized spacial score (nSPS) is 10.7. The van der Waals surface area contributed by atoms with Gasteiger partial charge in [-0.3, -0.25) is 0 Å². The molecule has 0 saturated carbocycles. The fourth-order valence-electron chi connectivity index (χ4n) is 2.95. The van der Waals surface area contributed by atoms with Crippen molar-refractivity contribution in [2.24, 2.45) is 0 Å². The minimum absolute atomic E-state index is 0. The number of rotatable bonds is 3. The summed E-state index contributed by atoms with van der Waals surface area (Å²) in [7, 11) is 0. The van der Waals surface area contributed by atoms with Crippen LogP contribution in [0.25, 0.3) is 0 Å². The number of nitrogens with zero attached hydrogens (tertiary/aromatic N) is 6. The molecule has 8 heteroatoms. The molecule has 23 heavy (non-hydrogen) atoms. The molecule has 3 heterocycles. The Kier molecular flexibility index (Phi) is 5.28. The maximum Gasteiger partial charge on any atom is 1.00 e. The van der Waals surface area contributed by atoms with Crippen LogP contribution < -0.4 is 18.9 Å². The number of aryl methyl sites for hydroxylation is 6. The molecule has 3 aromatic rings. The van der Waals surface area contributed by atoms with Gasteiger partial charge < -0.3 is 12.4 Å². The summed E-state index contributed by atoms with van der Waals surface area (Å²) in [5.74, 6) is 0. The summed E-state index contributed by atoms with van der Waals surface area (Å²) >= 11 is -1.95. The Morgan fingerprint density at radius 2 is 0.913 bits per heavy atom. The van der Waals surface area contributed by atoms with E-state index in [1.165, 1.54) is 0 Å². The van der Waals surface area contributed by atoms with Crippen molar-refractivity contribution >= 4 is 14.8 Å². The SMILES string of the molecule is Cc1cc(C)[n]([Al]([n]2nc(C)cc2C)[n]2nc(C)cc2C)n1.[H-].[Li+]. The van der Waals surface area contributed by atoms with E-state index in [0.717, 1.165) is 34.2 Å². The second-order valence-electron chi connectivity index (χ2n) is 5.96. The fourth-order valence-corrected chi connectivity index (χ4v) is 5.74. The Balaban J connectivity index is 0.00000144. The molecule has 6 nitrogen and oxygen atoms in total. The van der Waals surface area contributed by atoms with Crippen molar-refractivity contribution in [3.05, 3.63) is 52.4 Å². The van der Waals surface area contributed by atoms with Gasteiger partial charge in [-0.15, -0.1) is 0 Å². The van der Waals surface area contributed by atoms with Gasteiger partial charge in [-0.1, -0.05) is 0 Å². The Bertz CT molecular complexity index is 727. The molecule has 0 atom stereocenters. The van der Waals surface area contributed by atoms with Crippen LogP contribution >= 0.6 is 0 Å². The average molecular weight is 320 g/mol. The van der Waals surface area contributed by atoms with Crippen LogP contribution in [0.2, 0.25) is 0 Å². The predicted molar refractivity (Wildman–Crippen MR) is 88.2 cm³/mol. The number of aromatic nitrogens is 6. The van der Waals surface area contributed by atoms with E-state index in [2.05, 4.69) is 50.0 Å². The van der Waals surface area contributed by atoms with E-state index in [9.17, 15) is 0 Å². The van der Waals surface area contributed by atoms with E-state index in [-0.39, 0.29) is 20.3 Å². The molecule has 116 valence electrons. The van der Waals surface area contributed by atoms with Gasteiger partial charge in [0.1, 0.15) is 0 Å². The molecular formula is C15H22AlLiN6. The first-order valence-corrected chi connectivity index (χ1v) is 9.00. The minimum Gasteiger partial charge on any atom is -1.00 e. The number of hydrogen-bond acceptors (Lipinski definition) is 3. The van der Waals surface area contributed by atoms with E-state index in [0.29, 0.717) is 0 Å². The molecule has 0 aliphatic rings. The zero-order chi connectivity index (χ0) is 16.0. The molecule has 0 saturated heterocycles. The third-order valence-electron chi connectivity index (χ3n) is 3.79. The van der Waals surface area contributed by atoms with Crippen LogP contribution in [-0.4, -0.2) is 41.1 Å². The Hall–Kier alpha value is -1.24. The maximum atomic E-state index is 4.72. The van der Waals surface area contributed by atoms with E-state index in [4.69, 9.17) is 15.3 Å². The van der Waals surface area contributed by atoms with E-state index < -0.39 is 14.8 Å². The van der Waals surface area contributed by atoms with Gasteiger partial charge in [-0.2, -0.15) is 0 Å². The first-order valence-electron chi connectivity index (χ1n) is 7.45. The molecule has 0 aliphatic heterocycles. The molecule has 0 fully saturated rings. The van der Waals surface area contributed by atoms with Gasteiger partial charge >= 0.3 is 33.7 Å². The van der Waals surface area contributed by atoms with Gasteiger partial charge in [-0.25, -0.2) is 15.3 Å². The molecule has 0 amide bonds. The first kappa shape index (κ1) is 18.1. The third kappa shape index (κ3) is 3.34. The molecule has 0 unspecified atom stereocenters. The summed E-state index contributed by atoms with van der Waals surface area (Å²) in [5, 5.41) is 14.2. The standard InChI is InChI=1S/3C5H7N2.Al.Li.H/c3*1-4-3-5(2)7-6-4;;;/h3*3H,1-2H3;;;/q3*-1;+3;+1;-1. The van der Waals surface area contributed by atoms with Gasteiger partial charge in [-0.05, 0) is 59.7 Å².